The molecule has 0 aliphatic rings. The Balaban J connectivity index is 4.07. The Morgan fingerprint density at radius 2 is 1.56 bits per heavy atom. The van der Waals surface area contributed by atoms with Gasteiger partial charge in [0.25, 0.3) is 0 Å². The lowest BCUT2D eigenvalue weighted by Gasteiger charge is -2.06. The smallest absolute Gasteiger partial charge is 0.209 e. The normalized spacial score (nSPS) is 11.9. The number of ketones is 3. The first kappa shape index (κ1) is 16.6. The van der Waals surface area contributed by atoms with Crippen molar-refractivity contribution >= 4 is 23.6 Å². The molecule has 0 spiro atoms. The molecule has 0 saturated carbocycles. The summed E-state index contributed by atoms with van der Waals surface area (Å²) in [5, 5.41) is 0. The van der Waals surface area contributed by atoms with Crippen molar-refractivity contribution in [3.8, 4) is 0 Å². The van der Waals surface area contributed by atoms with Crippen molar-refractivity contribution in [2.75, 3.05) is 13.1 Å². The summed E-state index contributed by atoms with van der Waals surface area (Å²) in [4.78, 5) is 44.6. The first-order chi connectivity index (χ1) is 8.56. The van der Waals surface area contributed by atoms with E-state index in [1.54, 1.807) is 6.29 Å². The van der Waals surface area contributed by atoms with E-state index in [2.05, 4.69) is 0 Å². The zero-order valence-corrected chi connectivity index (χ0v) is 10.3. The topological polar surface area (TPSA) is 120 Å². The number of carbonyl (C=O) groups is 3. The summed E-state index contributed by atoms with van der Waals surface area (Å²) in [6.45, 7) is 0.547. The Morgan fingerprint density at radius 1 is 0.944 bits per heavy atom. The maximum Gasteiger partial charge on any atom is 0.209 e. The number of Topliss-reactive ketones (excluding diaryl/α,β-unsaturated/α-hetero) is 3. The predicted molar refractivity (Wildman–Crippen MR) is 65.4 cm³/mol. The van der Waals surface area contributed by atoms with Crippen molar-refractivity contribution in [3.05, 3.63) is 0 Å². The zero-order chi connectivity index (χ0) is 14.0. The lowest BCUT2D eigenvalue weighted by atomic mass is 9.96. The van der Waals surface area contributed by atoms with Crippen LogP contribution in [0.5, 0.6) is 0 Å². The highest BCUT2D eigenvalue weighted by Crippen LogP contribution is 2.07. The first-order valence-corrected chi connectivity index (χ1v) is 5.93. The largest absolute Gasteiger partial charge is 0.330 e. The average molecular weight is 255 g/mol. The van der Waals surface area contributed by atoms with Crippen LogP contribution in [0, 0.1) is 5.92 Å². The molecule has 0 aromatic carbocycles. The zero-order valence-electron chi connectivity index (χ0n) is 10.3. The number of rotatable bonds is 11. The van der Waals surface area contributed by atoms with Gasteiger partial charge in [0.2, 0.25) is 6.29 Å². The van der Waals surface area contributed by atoms with Crippen molar-refractivity contribution in [2.45, 2.75) is 32.1 Å². The molecule has 0 bridgehead atoms. The van der Waals surface area contributed by atoms with Gasteiger partial charge in [-0.1, -0.05) is 0 Å². The van der Waals surface area contributed by atoms with Gasteiger partial charge in [-0.2, -0.15) is 0 Å². The van der Waals surface area contributed by atoms with Crippen molar-refractivity contribution < 1.29 is 19.2 Å². The number of hydrogen-bond donors (Lipinski definition) is 2. The van der Waals surface area contributed by atoms with E-state index >= 15 is 0 Å². The molecule has 6 heteroatoms. The molecular weight excluding hydrogens is 236 g/mol. The monoisotopic (exact) mass is 255 g/mol. The third-order valence-electron chi connectivity index (χ3n) is 2.50. The van der Waals surface area contributed by atoms with Crippen molar-refractivity contribution in [1.82, 2.24) is 0 Å². The molecule has 0 aromatic heterocycles. The Hall–Kier alpha value is -1.40. The molecule has 18 heavy (non-hydrogen) atoms. The van der Waals surface area contributed by atoms with Crippen LogP contribution >= 0.6 is 0 Å². The summed E-state index contributed by atoms with van der Waals surface area (Å²) in [5.41, 5.74) is 10.5. The molecule has 6 nitrogen and oxygen atoms in total. The molecule has 0 fully saturated rings. The van der Waals surface area contributed by atoms with E-state index in [4.69, 9.17) is 11.5 Å². The van der Waals surface area contributed by atoms with Crippen LogP contribution in [-0.2, 0) is 19.2 Å². The van der Waals surface area contributed by atoms with Crippen LogP contribution in [0.15, 0.2) is 0 Å². The van der Waals surface area contributed by atoms with E-state index in [0.29, 0.717) is 13.0 Å². The van der Waals surface area contributed by atoms with Gasteiger partial charge in [-0.05, 0) is 25.9 Å². The van der Waals surface area contributed by atoms with Crippen LogP contribution in [0.4, 0.5) is 0 Å². The van der Waals surface area contributed by atoms with Gasteiger partial charge in [-0.15, -0.1) is 0 Å². The van der Waals surface area contributed by atoms with Gasteiger partial charge in [-0.25, -0.2) is 0 Å². The van der Waals surface area contributed by atoms with E-state index in [1.165, 1.54) is 0 Å². The third-order valence-corrected chi connectivity index (χ3v) is 2.50. The Labute approximate surface area is 106 Å². The van der Waals surface area contributed by atoms with E-state index in [-0.39, 0.29) is 32.2 Å². The Bertz CT molecular complexity index is 315. The second kappa shape index (κ2) is 9.61. The van der Waals surface area contributed by atoms with Crippen molar-refractivity contribution in [1.29, 1.82) is 0 Å². The highest BCUT2D eigenvalue weighted by molar-refractivity contribution is 6.37. The van der Waals surface area contributed by atoms with Crippen LogP contribution in [0.25, 0.3) is 0 Å². The minimum atomic E-state index is -0.887. The summed E-state index contributed by atoms with van der Waals surface area (Å²) in [7, 11) is 0. The molecule has 0 rings (SSSR count). The number of carbonyl (C=O) groups excluding carboxylic acids is 4. The van der Waals surface area contributed by atoms with Gasteiger partial charge in [0.05, 0.1) is 5.92 Å². The molecule has 0 saturated heterocycles. The van der Waals surface area contributed by atoms with Crippen LogP contribution in [0.1, 0.15) is 32.1 Å². The van der Waals surface area contributed by atoms with E-state index in [9.17, 15) is 19.2 Å². The number of hydrogen-bond acceptors (Lipinski definition) is 6. The minimum Gasteiger partial charge on any atom is -0.330 e. The predicted octanol–water partition coefficient (Wildman–Crippen LogP) is -0.712. The SMILES string of the molecule is NCCCC(=O)C(=O)CCC(=O)C([C]=O)CCN. The molecule has 1 atom stereocenters. The molecule has 4 N–H and O–H groups in total. The summed E-state index contributed by atoms with van der Waals surface area (Å²) in [5.74, 6) is -2.38. The van der Waals surface area contributed by atoms with Gasteiger partial charge < -0.3 is 11.5 Å². The van der Waals surface area contributed by atoms with Gasteiger partial charge in [0, 0.05) is 19.3 Å². The molecule has 0 heterocycles. The summed E-state index contributed by atoms with van der Waals surface area (Å²) < 4.78 is 0. The third kappa shape index (κ3) is 6.36. The highest BCUT2D eigenvalue weighted by Gasteiger charge is 2.20. The fourth-order valence-electron chi connectivity index (χ4n) is 1.40. The van der Waals surface area contributed by atoms with Crippen LogP contribution in [0.3, 0.4) is 0 Å². The summed E-state index contributed by atoms with van der Waals surface area (Å²) in [6, 6.07) is 0. The molecule has 101 valence electrons. The lowest BCUT2D eigenvalue weighted by Crippen LogP contribution is -2.22. The second-order valence-corrected chi connectivity index (χ2v) is 3.95. The molecule has 0 aromatic rings. The molecule has 1 radical (unpaired) electrons. The molecule has 0 amide bonds. The van der Waals surface area contributed by atoms with E-state index in [1.807, 2.05) is 0 Å². The fraction of sp³-hybridized carbons (Fsp3) is 0.667. The summed E-state index contributed by atoms with van der Waals surface area (Å²) in [6.07, 6.45) is 2.10. The van der Waals surface area contributed by atoms with Crippen molar-refractivity contribution in [3.63, 3.8) is 0 Å². The lowest BCUT2D eigenvalue weighted by molar-refractivity contribution is -0.137. The first-order valence-electron chi connectivity index (χ1n) is 5.93. The fourth-order valence-corrected chi connectivity index (χ4v) is 1.40. The van der Waals surface area contributed by atoms with Gasteiger partial charge in [0.15, 0.2) is 11.6 Å². The second-order valence-electron chi connectivity index (χ2n) is 3.95. The van der Waals surface area contributed by atoms with E-state index < -0.39 is 23.3 Å². The molecular formula is C12H19N2O4. The maximum absolute atomic E-state index is 11.5. The van der Waals surface area contributed by atoms with Crippen LogP contribution < -0.4 is 11.5 Å². The summed E-state index contributed by atoms with van der Waals surface area (Å²) >= 11 is 0. The molecule has 0 aliphatic carbocycles. The van der Waals surface area contributed by atoms with Gasteiger partial charge in [-0.3, -0.25) is 19.2 Å². The van der Waals surface area contributed by atoms with E-state index in [0.717, 1.165) is 0 Å². The van der Waals surface area contributed by atoms with Crippen LogP contribution in [-0.4, -0.2) is 36.7 Å². The van der Waals surface area contributed by atoms with Gasteiger partial charge in [0.1, 0.15) is 5.78 Å². The number of nitrogens with two attached hydrogens (primary N) is 2. The van der Waals surface area contributed by atoms with Crippen molar-refractivity contribution in [2.24, 2.45) is 17.4 Å². The molecule has 0 aliphatic heterocycles. The Kier molecular flexibility index (Phi) is 8.86. The highest BCUT2D eigenvalue weighted by atomic mass is 16.2. The maximum atomic E-state index is 11.5. The quantitative estimate of drug-likeness (QED) is 0.371. The average Bonchev–Trinajstić information content (AvgIpc) is 2.38. The Morgan fingerprint density at radius 3 is 2.06 bits per heavy atom. The van der Waals surface area contributed by atoms with Crippen LogP contribution in [0.2, 0.25) is 0 Å². The minimum absolute atomic E-state index is 0.107. The standard InChI is InChI=1S/C12H19N2O4/c13-6-1-2-11(17)12(18)4-3-10(16)9(8-15)5-7-14/h9H,1-7,13-14H2. The van der Waals surface area contributed by atoms with Gasteiger partial charge >= 0.3 is 0 Å². The molecule has 1 unspecified atom stereocenters.